The van der Waals surface area contributed by atoms with Crippen LogP contribution in [-0.4, -0.2) is 36.9 Å². The number of carbonyl (C=O) groups is 2. The second-order valence-corrected chi connectivity index (χ2v) is 4.99. The molecule has 4 nitrogen and oxygen atoms in total. The van der Waals surface area contributed by atoms with E-state index in [1.165, 1.54) is 4.90 Å². The second kappa shape index (κ2) is 6.54. The van der Waals surface area contributed by atoms with Crippen LogP contribution in [0.15, 0.2) is 22.7 Å². The van der Waals surface area contributed by atoms with Crippen molar-refractivity contribution in [1.82, 2.24) is 10.2 Å². The maximum absolute atomic E-state index is 12.2. The van der Waals surface area contributed by atoms with E-state index < -0.39 is 0 Å². The van der Waals surface area contributed by atoms with Crippen molar-refractivity contribution in [2.75, 3.05) is 20.1 Å². The molecule has 2 amide bonds. The Kier molecular flexibility index (Phi) is 5.34. The van der Waals surface area contributed by atoms with Gasteiger partial charge in [-0.15, -0.1) is 0 Å². The normalized spacial score (nSPS) is 10.0. The Hall–Kier alpha value is -1.36. The molecule has 0 saturated carbocycles. The highest BCUT2D eigenvalue weighted by atomic mass is 79.9. The Bertz CT molecular complexity index is 460. The molecule has 1 aromatic rings. The standard InChI is InChI=1S/C13H17BrN2O2/c1-4-15-12(17)8-16(3)13(18)11-7-10(14)6-5-9(11)2/h5-7H,4,8H2,1-3H3,(H,15,17). The lowest BCUT2D eigenvalue weighted by Gasteiger charge is -2.18. The third-order valence-corrected chi connectivity index (χ3v) is 3.02. The highest BCUT2D eigenvalue weighted by Gasteiger charge is 2.16. The first-order valence-electron chi connectivity index (χ1n) is 5.74. The van der Waals surface area contributed by atoms with E-state index in [0.717, 1.165) is 10.0 Å². The summed E-state index contributed by atoms with van der Waals surface area (Å²) in [7, 11) is 1.62. The Balaban J connectivity index is 2.80. The zero-order valence-corrected chi connectivity index (χ0v) is 12.4. The molecule has 0 spiro atoms. The molecule has 0 aliphatic carbocycles. The van der Waals surface area contributed by atoms with Crippen molar-refractivity contribution in [3.63, 3.8) is 0 Å². The molecule has 1 N–H and O–H groups in total. The molecule has 0 aliphatic rings. The molecule has 0 saturated heterocycles. The summed E-state index contributed by atoms with van der Waals surface area (Å²) in [4.78, 5) is 25.0. The number of hydrogen-bond acceptors (Lipinski definition) is 2. The van der Waals surface area contributed by atoms with E-state index in [1.54, 1.807) is 13.1 Å². The van der Waals surface area contributed by atoms with Crippen molar-refractivity contribution in [3.8, 4) is 0 Å². The predicted octanol–water partition coefficient (Wildman–Crippen LogP) is 1.97. The lowest BCUT2D eigenvalue weighted by atomic mass is 10.1. The summed E-state index contributed by atoms with van der Waals surface area (Å²) in [6.45, 7) is 4.35. The molecule has 0 heterocycles. The van der Waals surface area contributed by atoms with Crippen LogP contribution >= 0.6 is 15.9 Å². The van der Waals surface area contributed by atoms with Gasteiger partial charge in [-0.05, 0) is 31.5 Å². The monoisotopic (exact) mass is 312 g/mol. The number of rotatable bonds is 4. The van der Waals surface area contributed by atoms with Gasteiger partial charge in [-0.25, -0.2) is 0 Å². The first-order valence-corrected chi connectivity index (χ1v) is 6.53. The largest absolute Gasteiger partial charge is 0.355 e. The van der Waals surface area contributed by atoms with Crippen LogP contribution in [0.5, 0.6) is 0 Å². The number of benzene rings is 1. The smallest absolute Gasteiger partial charge is 0.254 e. The highest BCUT2D eigenvalue weighted by molar-refractivity contribution is 9.10. The Morgan fingerprint density at radius 3 is 2.67 bits per heavy atom. The number of hydrogen-bond donors (Lipinski definition) is 1. The third kappa shape index (κ3) is 3.84. The van der Waals surface area contributed by atoms with Crippen LogP contribution in [0.4, 0.5) is 0 Å². The molecular weight excluding hydrogens is 296 g/mol. The Labute approximate surface area is 115 Å². The van der Waals surface area contributed by atoms with Crippen LogP contribution in [0.3, 0.4) is 0 Å². The van der Waals surface area contributed by atoms with Gasteiger partial charge in [-0.3, -0.25) is 9.59 Å². The third-order valence-electron chi connectivity index (χ3n) is 2.53. The molecule has 0 atom stereocenters. The fourth-order valence-electron chi connectivity index (χ4n) is 1.57. The fraction of sp³-hybridized carbons (Fsp3) is 0.385. The van der Waals surface area contributed by atoms with Crippen molar-refractivity contribution in [2.45, 2.75) is 13.8 Å². The summed E-state index contributed by atoms with van der Waals surface area (Å²) in [6.07, 6.45) is 0. The first-order chi connectivity index (χ1) is 8.45. The van der Waals surface area contributed by atoms with Gasteiger partial charge >= 0.3 is 0 Å². The maximum Gasteiger partial charge on any atom is 0.254 e. The summed E-state index contributed by atoms with van der Waals surface area (Å²) in [6, 6.07) is 5.53. The van der Waals surface area contributed by atoms with Crippen LogP contribution in [0, 0.1) is 6.92 Å². The topological polar surface area (TPSA) is 49.4 Å². The molecule has 1 aromatic carbocycles. The molecule has 0 aromatic heterocycles. The number of nitrogens with zero attached hydrogens (tertiary/aromatic N) is 1. The summed E-state index contributed by atoms with van der Waals surface area (Å²) in [5, 5.41) is 2.67. The van der Waals surface area contributed by atoms with Gasteiger partial charge in [0.25, 0.3) is 5.91 Å². The quantitative estimate of drug-likeness (QED) is 0.924. The van der Waals surface area contributed by atoms with Gasteiger partial charge < -0.3 is 10.2 Å². The average Bonchev–Trinajstić information content (AvgIpc) is 2.31. The number of likely N-dealkylation sites (N-methyl/N-ethyl adjacent to an activating group) is 2. The van der Waals surface area contributed by atoms with E-state index in [0.29, 0.717) is 12.1 Å². The molecule has 5 heteroatoms. The van der Waals surface area contributed by atoms with E-state index in [-0.39, 0.29) is 18.4 Å². The van der Waals surface area contributed by atoms with Crippen LogP contribution in [-0.2, 0) is 4.79 Å². The Morgan fingerprint density at radius 1 is 1.39 bits per heavy atom. The van der Waals surface area contributed by atoms with Gasteiger partial charge in [0.1, 0.15) is 0 Å². The van der Waals surface area contributed by atoms with Gasteiger partial charge in [0.05, 0.1) is 6.54 Å². The summed E-state index contributed by atoms with van der Waals surface area (Å²) >= 11 is 3.34. The molecular formula is C13H17BrN2O2. The minimum absolute atomic E-state index is 0.0681. The molecule has 18 heavy (non-hydrogen) atoms. The SMILES string of the molecule is CCNC(=O)CN(C)C(=O)c1cc(Br)ccc1C. The van der Waals surface area contributed by atoms with Crippen molar-refractivity contribution in [1.29, 1.82) is 0 Å². The van der Waals surface area contributed by atoms with Gasteiger partial charge in [-0.2, -0.15) is 0 Å². The average molecular weight is 313 g/mol. The number of amides is 2. The minimum atomic E-state index is -0.153. The zero-order chi connectivity index (χ0) is 13.7. The number of aryl methyl sites for hydroxylation is 1. The number of nitrogens with one attached hydrogen (secondary N) is 1. The van der Waals surface area contributed by atoms with Crippen molar-refractivity contribution in [2.24, 2.45) is 0 Å². The van der Waals surface area contributed by atoms with E-state index in [9.17, 15) is 9.59 Å². The maximum atomic E-state index is 12.2. The minimum Gasteiger partial charge on any atom is -0.355 e. The van der Waals surface area contributed by atoms with Gasteiger partial charge in [0, 0.05) is 23.6 Å². The summed E-state index contributed by atoms with van der Waals surface area (Å²) in [5.74, 6) is -0.305. The summed E-state index contributed by atoms with van der Waals surface area (Å²) in [5.41, 5.74) is 1.50. The van der Waals surface area contributed by atoms with Crippen LogP contribution in [0.25, 0.3) is 0 Å². The Morgan fingerprint density at radius 2 is 2.06 bits per heavy atom. The van der Waals surface area contributed by atoms with Gasteiger partial charge in [-0.1, -0.05) is 22.0 Å². The molecule has 0 aliphatic heterocycles. The molecule has 98 valence electrons. The lowest BCUT2D eigenvalue weighted by molar-refractivity contribution is -0.121. The van der Waals surface area contributed by atoms with Crippen LogP contribution in [0.1, 0.15) is 22.8 Å². The van der Waals surface area contributed by atoms with Gasteiger partial charge in [0.15, 0.2) is 0 Å². The van der Waals surface area contributed by atoms with E-state index in [1.807, 2.05) is 26.0 Å². The van der Waals surface area contributed by atoms with Crippen LogP contribution < -0.4 is 5.32 Å². The molecule has 0 fully saturated rings. The number of halogens is 1. The fourth-order valence-corrected chi connectivity index (χ4v) is 1.93. The molecule has 0 unspecified atom stereocenters. The van der Waals surface area contributed by atoms with Crippen LogP contribution in [0.2, 0.25) is 0 Å². The number of carbonyl (C=O) groups excluding carboxylic acids is 2. The van der Waals surface area contributed by atoms with Crippen molar-refractivity contribution < 1.29 is 9.59 Å². The van der Waals surface area contributed by atoms with Gasteiger partial charge in [0.2, 0.25) is 5.91 Å². The molecule has 0 bridgehead atoms. The predicted molar refractivity (Wildman–Crippen MR) is 74.5 cm³/mol. The first kappa shape index (κ1) is 14.7. The summed E-state index contributed by atoms with van der Waals surface area (Å²) < 4.78 is 0.850. The highest BCUT2D eigenvalue weighted by Crippen LogP contribution is 2.17. The van der Waals surface area contributed by atoms with E-state index >= 15 is 0 Å². The molecule has 0 radical (unpaired) electrons. The second-order valence-electron chi connectivity index (χ2n) is 4.07. The lowest BCUT2D eigenvalue weighted by Crippen LogP contribution is -2.38. The van der Waals surface area contributed by atoms with E-state index in [2.05, 4.69) is 21.2 Å². The van der Waals surface area contributed by atoms with Crippen molar-refractivity contribution in [3.05, 3.63) is 33.8 Å². The zero-order valence-electron chi connectivity index (χ0n) is 10.8. The van der Waals surface area contributed by atoms with E-state index in [4.69, 9.17) is 0 Å². The van der Waals surface area contributed by atoms with Crippen molar-refractivity contribution >= 4 is 27.7 Å². The molecule has 1 rings (SSSR count).